The molecule has 21 heavy (non-hydrogen) atoms. The number of hydrogen-bond acceptors (Lipinski definition) is 4. The second-order valence-electron chi connectivity index (χ2n) is 4.26. The van der Waals surface area contributed by atoms with Crippen molar-refractivity contribution in [2.75, 3.05) is 0 Å². The average molecular weight is 323 g/mol. The molecule has 0 spiro atoms. The monoisotopic (exact) mass is 322 g/mol. The maximum Gasteiger partial charge on any atom is 0.416 e. The highest BCUT2D eigenvalue weighted by molar-refractivity contribution is 6.37. The molecule has 0 aromatic heterocycles. The predicted molar refractivity (Wildman–Crippen MR) is 63.6 cm³/mol. The molecule has 2 rings (SSSR count). The molecule has 6 nitrogen and oxygen atoms in total. The summed E-state index contributed by atoms with van der Waals surface area (Å²) in [7, 11) is 0. The van der Waals surface area contributed by atoms with Crippen LogP contribution < -0.4 is 5.32 Å². The first kappa shape index (κ1) is 15.2. The van der Waals surface area contributed by atoms with Crippen molar-refractivity contribution in [1.82, 2.24) is 5.32 Å². The van der Waals surface area contributed by atoms with Crippen LogP contribution in [0.15, 0.2) is 18.2 Å². The number of carbonyl (C=O) groups excluding carboxylic acids is 2. The quantitative estimate of drug-likeness (QED) is 0.390. The summed E-state index contributed by atoms with van der Waals surface area (Å²) in [5.41, 5.74) is -2.48. The molecule has 2 atom stereocenters. The lowest BCUT2D eigenvalue weighted by molar-refractivity contribution is -0.385. The van der Waals surface area contributed by atoms with Crippen molar-refractivity contribution < 1.29 is 27.7 Å². The molecule has 2 unspecified atom stereocenters. The molecule has 1 aliphatic heterocycles. The number of nitrogens with zero attached hydrogens (tertiary/aromatic N) is 1. The maximum atomic E-state index is 12.6. The van der Waals surface area contributed by atoms with E-state index in [0.29, 0.717) is 12.1 Å². The topological polar surface area (TPSA) is 89.3 Å². The first-order valence-corrected chi connectivity index (χ1v) is 5.91. The Bertz CT molecular complexity index is 647. The maximum absolute atomic E-state index is 12.6. The van der Waals surface area contributed by atoms with Gasteiger partial charge in [0.25, 0.3) is 5.69 Å². The number of imide groups is 1. The van der Waals surface area contributed by atoms with E-state index in [1.807, 2.05) is 5.32 Å². The predicted octanol–water partition coefficient (Wildman–Crippen LogP) is 1.96. The summed E-state index contributed by atoms with van der Waals surface area (Å²) >= 11 is 5.69. The minimum Gasteiger partial charge on any atom is -0.295 e. The highest BCUT2D eigenvalue weighted by Crippen LogP contribution is 2.38. The van der Waals surface area contributed by atoms with Crippen LogP contribution >= 0.6 is 11.6 Å². The lowest BCUT2D eigenvalue weighted by Crippen LogP contribution is -2.22. The van der Waals surface area contributed by atoms with Crippen molar-refractivity contribution in [2.45, 2.75) is 17.5 Å². The SMILES string of the molecule is O=C1NC(=O)C(c2ccc(C(F)(F)F)cc2[N+](=O)[O-])C1Cl. The molecular weight excluding hydrogens is 317 g/mol. The van der Waals surface area contributed by atoms with Crippen molar-refractivity contribution in [3.63, 3.8) is 0 Å². The number of carbonyl (C=O) groups is 2. The van der Waals surface area contributed by atoms with E-state index in [-0.39, 0.29) is 5.56 Å². The second kappa shape index (κ2) is 4.99. The lowest BCUT2D eigenvalue weighted by Gasteiger charge is -2.13. The van der Waals surface area contributed by atoms with Gasteiger partial charge in [-0.3, -0.25) is 25.0 Å². The molecule has 1 aromatic carbocycles. The molecule has 0 radical (unpaired) electrons. The molecule has 1 N–H and O–H groups in total. The first-order chi connectivity index (χ1) is 9.62. The lowest BCUT2D eigenvalue weighted by atomic mass is 9.94. The van der Waals surface area contributed by atoms with E-state index in [2.05, 4.69) is 0 Å². The van der Waals surface area contributed by atoms with Gasteiger partial charge < -0.3 is 0 Å². The molecule has 0 bridgehead atoms. The van der Waals surface area contributed by atoms with Gasteiger partial charge in [-0.2, -0.15) is 13.2 Å². The number of alkyl halides is 4. The van der Waals surface area contributed by atoms with E-state index in [4.69, 9.17) is 11.6 Å². The Kier molecular flexibility index (Phi) is 3.62. The van der Waals surface area contributed by atoms with Crippen molar-refractivity contribution in [3.8, 4) is 0 Å². The van der Waals surface area contributed by atoms with Gasteiger partial charge in [0, 0.05) is 11.6 Å². The van der Waals surface area contributed by atoms with Crippen LogP contribution in [0.5, 0.6) is 0 Å². The number of rotatable bonds is 2. The van der Waals surface area contributed by atoms with E-state index in [0.717, 1.165) is 6.07 Å². The van der Waals surface area contributed by atoms with Crippen LogP contribution in [0.1, 0.15) is 17.0 Å². The number of amides is 2. The van der Waals surface area contributed by atoms with Gasteiger partial charge in [-0.05, 0) is 6.07 Å². The molecule has 0 saturated carbocycles. The summed E-state index contributed by atoms with van der Waals surface area (Å²) in [5, 5.41) is 11.4. The summed E-state index contributed by atoms with van der Waals surface area (Å²) < 4.78 is 37.7. The highest BCUT2D eigenvalue weighted by Gasteiger charge is 2.45. The largest absolute Gasteiger partial charge is 0.416 e. The molecular formula is C11H6ClF3N2O4. The molecule has 0 aliphatic carbocycles. The van der Waals surface area contributed by atoms with E-state index in [1.54, 1.807) is 0 Å². The third-order valence-electron chi connectivity index (χ3n) is 2.96. The fourth-order valence-electron chi connectivity index (χ4n) is 1.99. The summed E-state index contributed by atoms with van der Waals surface area (Å²) in [4.78, 5) is 32.7. The average Bonchev–Trinajstić information content (AvgIpc) is 2.61. The van der Waals surface area contributed by atoms with Crippen molar-refractivity contribution in [2.24, 2.45) is 0 Å². The molecule has 1 aliphatic rings. The van der Waals surface area contributed by atoms with E-state index in [9.17, 15) is 32.9 Å². The third kappa shape index (κ3) is 2.68. The number of hydrogen-bond donors (Lipinski definition) is 1. The number of nitrogens with one attached hydrogen (secondary N) is 1. The highest BCUT2D eigenvalue weighted by atomic mass is 35.5. The fraction of sp³-hybridized carbons (Fsp3) is 0.273. The number of halogens is 4. The molecule has 1 heterocycles. The zero-order valence-corrected chi connectivity index (χ0v) is 10.7. The summed E-state index contributed by atoms with van der Waals surface area (Å²) in [6.45, 7) is 0. The smallest absolute Gasteiger partial charge is 0.295 e. The third-order valence-corrected chi connectivity index (χ3v) is 3.41. The Labute approximate surface area is 120 Å². The number of nitro benzene ring substituents is 1. The molecule has 1 aromatic rings. The Hall–Kier alpha value is -2.16. The van der Waals surface area contributed by atoms with Gasteiger partial charge in [-0.1, -0.05) is 6.07 Å². The Morgan fingerprint density at radius 1 is 1.24 bits per heavy atom. The minimum absolute atomic E-state index is 0.315. The Balaban J connectivity index is 2.57. The second-order valence-corrected chi connectivity index (χ2v) is 4.73. The van der Waals surface area contributed by atoms with Crippen molar-refractivity contribution >= 4 is 29.1 Å². The summed E-state index contributed by atoms with van der Waals surface area (Å²) in [5.74, 6) is -3.13. The number of nitro groups is 1. The van der Waals surface area contributed by atoms with Crippen LogP contribution in [0.3, 0.4) is 0 Å². The molecule has 1 saturated heterocycles. The van der Waals surface area contributed by atoms with Gasteiger partial charge >= 0.3 is 6.18 Å². The fourth-order valence-corrected chi connectivity index (χ4v) is 2.30. The van der Waals surface area contributed by atoms with Gasteiger partial charge in [0.2, 0.25) is 11.8 Å². The van der Waals surface area contributed by atoms with Crippen LogP contribution in [-0.2, 0) is 15.8 Å². The van der Waals surface area contributed by atoms with Gasteiger partial charge in [-0.15, -0.1) is 11.6 Å². The summed E-state index contributed by atoms with van der Waals surface area (Å²) in [6, 6.07) is 1.70. The van der Waals surface area contributed by atoms with E-state index in [1.165, 1.54) is 0 Å². The Morgan fingerprint density at radius 3 is 2.29 bits per heavy atom. The van der Waals surface area contributed by atoms with Crippen molar-refractivity contribution in [3.05, 3.63) is 39.4 Å². The minimum atomic E-state index is -4.77. The molecule has 112 valence electrons. The van der Waals surface area contributed by atoms with Crippen LogP contribution in [0.4, 0.5) is 18.9 Å². The normalized spacial score (nSPS) is 22.3. The molecule has 1 fully saturated rings. The molecule has 2 amide bonds. The van der Waals surface area contributed by atoms with E-state index >= 15 is 0 Å². The zero-order chi connectivity index (χ0) is 15.9. The van der Waals surface area contributed by atoms with Gasteiger partial charge in [0.15, 0.2) is 0 Å². The Morgan fingerprint density at radius 2 is 1.86 bits per heavy atom. The van der Waals surface area contributed by atoms with Crippen molar-refractivity contribution in [1.29, 1.82) is 0 Å². The van der Waals surface area contributed by atoms with Gasteiger partial charge in [0.05, 0.1) is 16.4 Å². The summed E-state index contributed by atoms with van der Waals surface area (Å²) in [6.07, 6.45) is -4.77. The van der Waals surface area contributed by atoms with Crippen LogP contribution in [-0.4, -0.2) is 22.1 Å². The van der Waals surface area contributed by atoms with Crippen LogP contribution in [0.2, 0.25) is 0 Å². The van der Waals surface area contributed by atoms with Gasteiger partial charge in [-0.25, -0.2) is 0 Å². The standard InChI is InChI=1S/C11H6ClF3N2O4/c12-8-7(9(18)16-10(8)19)5-2-1-4(11(13,14)15)3-6(5)17(20)21/h1-3,7-8H,(H,16,18,19). The van der Waals surface area contributed by atoms with Gasteiger partial charge in [0.1, 0.15) is 5.38 Å². The van der Waals surface area contributed by atoms with Crippen LogP contribution in [0, 0.1) is 10.1 Å². The van der Waals surface area contributed by atoms with Crippen LogP contribution in [0.25, 0.3) is 0 Å². The zero-order valence-electron chi connectivity index (χ0n) is 9.98. The molecule has 10 heteroatoms. The first-order valence-electron chi connectivity index (χ1n) is 5.47. The van der Waals surface area contributed by atoms with E-state index < -0.39 is 45.5 Å². The number of benzene rings is 1.